The summed E-state index contributed by atoms with van der Waals surface area (Å²) in [4.78, 5) is 41.6. The van der Waals surface area contributed by atoms with E-state index in [0.29, 0.717) is 10.7 Å². The molecule has 0 radical (unpaired) electrons. The summed E-state index contributed by atoms with van der Waals surface area (Å²) in [5.74, 6) is -1.10. The van der Waals surface area contributed by atoms with Gasteiger partial charge in [-0.3, -0.25) is 14.4 Å². The van der Waals surface area contributed by atoms with Gasteiger partial charge in [0, 0.05) is 18.1 Å². The van der Waals surface area contributed by atoms with Crippen LogP contribution in [-0.4, -0.2) is 21.4 Å². The van der Waals surface area contributed by atoms with Crippen molar-refractivity contribution in [2.75, 3.05) is 5.32 Å². The van der Waals surface area contributed by atoms with E-state index in [2.05, 4.69) is 15.6 Å². The Labute approximate surface area is 176 Å². The van der Waals surface area contributed by atoms with Crippen LogP contribution in [0.25, 0.3) is 0 Å². The molecule has 30 heavy (non-hydrogen) atoms. The maximum atomic E-state index is 13.0. The zero-order chi connectivity index (χ0) is 21.7. The van der Waals surface area contributed by atoms with E-state index in [1.165, 1.54) is 46.4 Å². The van der Waals surface area contributed by atoms with Crippen LogP contribution < -0.4 is 16.2 Å². The average Bonchev–Trinajstić information content (AvgIpc) is 3.17. The number of halogens is 1. The monoisotopic (exact) mass is 428 g/mol. The highest BCUT2D eigenvalue weighted by atomic mass is 32.1. The van der Waals surface area contributed by atoms with Crippen molar-refractivity contribution in [3.05, 3.63) is 81.0 Å². The standard InChI is InChI=1S/C21H21FN4O3S/c1-13(2)17-12-30-21(24-17)25-18(27)11-26-9-3-4-16(20(26)29)19(28)23-10-14-5-7-15(22)8-6-14/h3-9,12-13H,10-11H2,1-2H3,(H,23,28)(H,24,25,27). The lowest BCUT2D eigenvalue weighted by Gasteiger charge is -2.09. The van der Waals surface area contributed by atoms with Gasteiger partial charge in [-0.1, -0.05) is 26.0 Å². The second-order valence-electron chi connectivity index (χ2n) is 6.94. The van der Waals surface area contributed by atoms with Crippen molar-refractivity contribution in [3.8, 4) is 0 Å². The number of benzene rings is 1. The highest BCUT2D eigenvalue weighted by molar-refractivity contribution is 7.13. The molecule has 0 spiro atoms. The van der Waals surface area contributed by atoms with Crippen molar-refractivity contribution in [3.63, 3.8) is 0 Å². The SMILES string of the molecule is CC(C)c1csc(NC(=O)Cn2cccc(C(=O)NCc3ccc(F)cc3)c2=O)n1. The van der Waals surface area contributed by atoms with Crippen LogP contribution in [0.3, 0.4) is 0 Å². The molecular weight excluding hydrogens is 407 g/mol. The molecule has 0 unspecified atom stereocenters. The molecule has 0 aliphatic heterocycles. The van der Waals surface area contributed by atoms with Crippen molar-refractivity contribution >= 4 is 28.3 Å². The molecule has 0 atom stereocenters. The molecule has 2 amide bonds. The normalized spacial score (nSPS) is 10.8. The molecule has 0 fully saturated rings. The molecular formula is C21H21FN4O3S. The molecule has 7 nitrogen and oxygen atoms in total. The van der Waals surface area contributed by atoms with Gasteiger partial charge in [0.1, 0.15) is 17.9 Å². The van der Waals surface area contributed by atoms with Gasteiger partial charge in [0.25, 0.3) is 11.5 Å². The van der Waals surface area contributed by atoms with Crippen LogP contribution in [0.2, 0.25) is 0 Å². The number of amides is 2. The number of hydrogen-bond acceptors (Lipinski definition) is 5. The van der Waals surface area contributed by atoms with Crippen molar-refractivity contribution in [2.24, 2.45) is 0 Å². The van der Waals surface area contributed by atoms with E-state index < -0.39 is 17.4 Å². The van der Waals surface area contributed by atoms with Gasteiger partial charge in [-0.2, -0.15) is 0 Å². The first-order chi connectivity index (χ1) is 14.3. The third-order valence-electron chi connectivity index (χ3n) is 4.30. The zero-order valence-corrected chi connectivity index (χ0v) is 17.3. The summed E-state index contributed by atoms with van der Waals surface area (Å²) in [6.07, 6.45) is 1.44. The predicted molar refractivity (Wildman–Crippen MR) is 113 cm³/mol. The molecule has 3 aromatic rings. The Morgan fingerprint density at radius 2 is 1.93 bits per heavy atom. The molecule has 9 heteroatoms. The van der Waals surface area contributed by atoms with E-state index in [4.69, 9.17) is 0 Å². The number of pyridine rings is 1. The maximum absolute atomic E-state index is 13.0. The number of anilines is 1. The Bertz CT molecular complexity index is 1110. The van der Waals surface area contributed by atoms with Gasteiger partial charge < -0.3 is 15.2 Å². The molecule has 2 N–H and O–H groups in total. The molecule has 2 aromatic heterocycles. The fraction of sp³-hybridized carbons (Fsp3) is 0.238. The zero-order valence-electron chi connectivity index (χ0n) is 16.5. The molecule has 156 valence electrons. The molecule has 2 heterocycles. The number of aromatic nitrogens is 2. The number of thiazole rings is 1. The van der Waals surface area contributed by atoms with Crippen LogP contribution in [0.4, 0.5) is 9.52 Å². The molecule has 0 aliphatic rings. The Hall–Kier alpha value is -3.33. The maximum Gasteiger partial charge on any atom is 0.263 e. The molecule has 1 aromatic carbocycles. The van der Waals surface area contributed by atoms with Gasteiger partial charge in [0.15, 0.2) is 5.13 Å². The highest BCUT2D eigenvalue weighted by Gasteiger charge is 2.15. The number of rotatable bonds is 7. The first kappa shape index (κ1) is 21.4. The first-order valence-electron chi connectivity index (χ1n) is 9.31. The van der Waals surface area contributed by atoms with Crippen LogP contribution in [0.15, 0.2) is 52.8 Å². The number of carbonyl (C=O) groups excluding carboxylic acids is 2. The van der Waals surface area contributed by atoms with Crippen LogP contribution >= 0.6 is 11.3 Å². The van der Waals surface area contributed by atoms with Crippen molar-refractivity contribution < 1.29 is 14.0 Å². The molecule has 0 bridgehead atoms. The summed E-state index contributed by atoms with van der Waals surface area (Å²) in [5, 5.41) is 7.63. The minimum atomic E-state index is -0.578. The largest absolute Gasteiger partial charge is 0.348 e. The van der Waals surface area contributed by atoms with Crippen molar-refractivity contribution in [1.29, 1.82) is 0 Å². The first-order valence-corrected chi connectivity index (χ1v) is 10.2. The molecule has 3 rings (SSSR count). The number of carbonyl (C=O) groups is 2. The predicted octanol–water partition coefficient (Wildman–Crippen LogP) is 3.14. The summed E-state index contributed by atoms with van der Waals surface area (Å²) in [5.41, 5.74) is 0.923. The van der Waals surface area contributed by atoms with E-state index in [-0.39, 0.29) is 30.4 Å². The van der Waals surface area contributed by atoms with E-state index in [9.17, 15) is 18.8 Å². The Morgan fingerprint density at radius 3 is 2.60 bits per heavy atom. The summed E-state index contributed by atoms with van der Waals surface area (Å²) in [7, 11) is 0. The number of nitrogens with one attached hydrogen (secondary N) is 2. The van der Waals surface area contributed by atoms with E-state index in [0.717, 1.165) is 5.69 Å². The van der Waals surface area contributed by atoms with Gasteiger partial charge in [-0.15, -0.1) is 11.3 Å². The topological polar surface area (TPSA) is 93.1 Å². The molecule has 0 saturated heterocycles. The lowest BCUT2D eigenvalue weighted by atomic mass is 10.2. The minimum Gasteiger partial charge on any atom is -0.348 e. The smallest absolute Gasteiger partial charge is 0.263 e. The van der Waals surface area contributed by atoms with Crippen molar-refractivity contribution in [2.45, 2.75) is 32.9 Å². The summed E-state index contributed by atoms with van der Waals surface area (Å²) in [6, 6.07) is 8.61. The second-order valence-corrected chi connectivity index (χ2v) is 7.80. The van der Waals surface area contributed by atoms with Crippen LogP contribution in [0.5, 0.6) is 0 Å². The van der Waals surface area contributed by atoms with Gasteiger partial charge in [0.05, 0.1) is 5.69 Å². The van der Waals surface area contributed by atoms with Gasteiger partial charge in [-0.25, -0.2) is 9.37 Å². The molecule has 0 aliphatic carbocycles. The lowest BCUT2D eigenvalue weighted by Crippen LogP contribution is -2.34. The Balaban J connectivity index is 1.64. The lowest BCUT2D eigenvalue weighted by molar-refractivity contribution is -0.116. The third-order valence-corrected chi connectivity index (χ3v) is 5.08. The molecule has 0 saturated carbocycles. The fourth-order valence-electron chi connectivity index (χ4n) is 2.64. The van der Waals surface area contributed by atoms with E-state index >= 15 is 0 Å². The van der Waals surface area contributed by atoms with Gasteiger partial charge in [-0.05, 0) is 35.7 Å². The minimum absolute atomic E-state index is 0.0799. The third kappa shape index (κ3) is 5.38. The fourth-order valence-corrected chi connectivity index (χ4v) is 3.52. The van der Waals surface area contributed by atoms with E-state index in [1.807, 2.05) is 19.2 Å². The van der Waals surface area contributed by atoms with Crippen LogP contribution in [-0.2, 0) is 17.9 Å². The van der Waals surface area contributed by atoms with E-state index in [1.54, 1.807) is 12.1 Å². The van der Waals surface area contributed by atoms with Crippen LogP contribution in [0.1, 0.15) is 41.4 Å². The number of hydrogen-bond donors (Lipinski definition) is 2. The second kappa shape index (κ2) is 9.45. The van der Waals surface area contributed by atoms with Crippen molar-refractivity contribution in [1.82, 2.24) is 14.9 Å². The highest BCUT2D eigenvalue weighted by Crippen LogP contribution is 2.21. The summed E-state index contributed by atoms with van der Waals surface area (Å²) in [6.45, 7) is 3.92. The summed E-state index contributed by atoms with van der Waals surface area (Å²) >= 11 is 1.32. The van der Waals surface area contributed by atoms with Crippen LogP contribution in [0, 0.1) is 5.82 Å². The summed E-state index contributed by atoms with van der Waals surface area (Å²) < 4.78 is 14.1. The Morgan fingerprint density at radius 1 is 1.20 bits per heavy atom. The Kier molecular flexibility index (Phi) is 6.73. The number of nitrogens with zero attached hydrogens (tertiary/aromatic N) is 2. The quantitative estimate of drug-likeness (QED) is 0.605. The van der Waals surface area contributed by atoms with Gasteiger partial charge in [0.2, 0.25) is 5.91 Å². The van der Waals surface area contributed by atoms with Gasteiger partial charge >= 0.3 is 0 Å². The average molecular weight is 428 g/mol.